The molecular formula is C10H22O2Si. The highest BCUT2D eigenvalue weighted by molar-refractivity contribution is 6.71. The average Bonchev–Trinajstić information content (AvgIpc) is 1.80. The molecule has 0 aliphatic heterocycles. The Kier molecular flexibility index (Phi) is 4.04. The van der Waals surface area contributed by atoms with Gasteiger partial charge in [0.2, 0.25) is 8.32 Å². The predicted octanol–water partition coefficient (Wildman–Crippen LogP) is 3.37. The van der Waals surface area contributed by atoms with E-state index in [1.165, 1.54) is 0 Å². The topological polar surface area (TPSA) is 18.5 Å². The van der Waals surface area contributed by atoms with Crippen LogP contribution in [0.2, 0.25) is 19.1 Å². The van der Waals surface area contributed by atoms with Crippen molar-refractivity contribution in [2.45, 2.75) is 39.9 Å². The molecule has 0 bridgehead atoms. The highest BCUT2D eigenvalue weighted by Gasteiger charge is 2.31. The molecule has 13 heavy (non-hydrogen) atoms. The molecule has 0 saturated carbocycles. The molecule has 0 aromatic rings. The van der Waals surface area contributed by atoms with E-state index in [4.69, 9.17) is 9.16 Å². The molecule has 2 nitrogen and oxygen atoms in total. The zero-order valence-corrected chi connectivity index (χ0v) is 10.7. The summed E-state index contributed by atoms with van der Waals surface area (Å²) in [5, 5.41) is 0. The Bertz CT molecular complexity index is 180. The minimum atomic E-state index is -1.65. The van der Waals surface area contributed by atoms with Crippen LogP contribution in [-0.2, 0) is 9.16 Å². The van der Waals surface area contributed by atoms with Crippen molar-refractivity contribution >= 4 is 8.32 Å². The van der Waals surface area contributed by atoms with E-state index in [-0.39, 0.29) is 0 Å². The molecular weight excluding hydrogens is 180 g/mol. The third-order valence-corrected chi connectivity index (χ3v) is 4.27. The summed E-state index contributed by atoms with van der Waals surface area (Å²) in [7, 11) is -0.0601. The first kappa shape index (κ1) is 12.6. The van der Waals surface area contributed by atoms with Crippen LogP contribution in [0.4, 0.5) is 0 Å². The third-order valence-electron chi connectivity index (χ3n) is 1.57. The molecule has 0 saturated heterocycles. The summed E-state index contributed by atoms with van der Waals surface area (Å²) in [6.45, 7) is 14.7. The maximum absolute atomic E-state index is 5.69. The van der Waals surface area contributed by atoms with E-state index in [2.05, 4.69) is 40.4 Å². The van der Waals surface area contributed by atoms with Crippen molar-refractivity contribution in [3.05, 3.63) is 12.5 Å². The molecule has 0 aliphatic rings. The van der Waals surface area contributed by atoms with Gasteiger partial charge in [-0.25, -0.2) is 0 Å². The van der Waals surface area contributed by atoms with E-state index in [1.807, 2.05) is 0 Å². The average molecular weight is 202 g/mol. The second-order valence-corrected chi connectivity index (χ2v) is 9.25. The minimum absolute atomic E-state index is 0.309. The summed E-state index contributed by atoms with van der Waals surface area (Å²) in [5.74, 6) is 0.445. The van der Waals surface area contributed by atoms with E-state index >= 15 is 0 Å². The van der Waals surface area contributed by atoms with Gasteiger partial charge in [0, 0.05) is 0 Å². The van der Waals surface area contributed by atoms with Crippen molar-refractivity contribution in [2.24, 2.45) is 5.41 Å². The van der Waals surface area contributed by atoms with Gasteiger partial charge in [0.1, 0.15) is 0 Å². The summed E-state index contributed by atoms with van der Waals surface area (Å²) in [4.78, 5) is 0. The lowest BCUT2D eigenvalue weighted by molar-refractivity contribution is 0.146. The maximum atomic E-state index is 5.69. The molecule has 0 aromatic heterocycles. The smallest absolute Gasteiger partial charge is 0.257 e. The van der Waals surface area contributed by atoms with Crippen molar-refractivity contribution in [3.63, 3.8) is 0 Å². The molecule has 0 heterocycles. The zero-order chi connectivity index (χ0) is 10.7. The Morgan fingerprint density at radius 1 is 1.31 bits per heavy atom. The van der Waals surface area contributed by atoms with Gasteiger partial charge in [0.15, 0.2) is 0 Å². The Morgan fingerprint density at radius 2 is 1.77 bits per heavy atom. The molecule has 78 valence electrons. The molecule has 0 radical (unpaired) electrons. The van der Waals surface area contributed by atoms with Crippen LogP contribution in [0.3, 0.4) is 0 Å². The van der Waals surface area contributed by atoms with Crippen LogP contribution in [0.5, 0.6) is 0 Å². The number of hydrogen-bond acceptors (Lipinski definition) is 2. The number of rotatable bonds is 4. The molecule has 0 rings (SSSR count). The molecule has 0 aliphatic carbocycles. The van der Waals surface area contributed by atoms with Crippen LogP contribution in [0.25, 0.3) is 0 Å². The number of hydrogen-bond donors (Lipinski definition) is 0. The maximum Gasteiger partial charge on any atom is 0.257 e. The molecule has 0 fully saturated rings. The van der Waals surface area contributed by atoms with Crippen molar-refractivity contribution in [1.82, 2.24) is 0 Å². The fourth-order valence-electron chi connectivity index (χ4n) is 1.66. The Hall–Kier alpha value is -0.443. The lowest BCUT2D eigenvalue weighted by Crippen LogP contribution is -2.34. The molecule has 0 unspecified atom stereocenters. The van der Waals surface area contributed by atoms with Gasteiger partial charge in [-0.3, -0.25) is 0 Å². The van der Waals surface area contributed by atoms with Crippen LogP contribution >= 0.6 is 0 Å². The van der Waals surface area contributed by atoms with E-state index in [0.29, 0.717) is 11.4 Å². The lowest BCUT2D eigenvalue weighted by atomic mass is 10.0. The quantitative estimate of drug-likeness (QED) is 0.514. The molecule has 0 aromatic carbocycles. The first-order valence-corrected chi connectivity index (χ1v) is 7.70. The second-order valence-electron chi connectivity index (χ2n) is 5.18. The molecule has 3 heteroatoms. The van der Waals surface area contributed by atoms with Crippen LogP contribution in [0.1, 0.15) is 20.8 Å². The van der Waals surface area contributed by atoms with E-state index < -0.39 is 8.32 Å². The summed E-state index contributed by atoms with van der Waals surface area (Å²) in [6, 6.07) is 1.10. The highest BCUT2D eigenvalue weighted by atomic mass is 28.4. The van der Waals surface area contributed by atoms with Crippen molar-refractivity contribution in [1.29, 1.82) is 0 Å². The Balaban J connectivity index is 4.16. The molecule has 0 atom stereocenters. The van der Waals surface area contributed by atoms with Crippen LogP contribution in [0, 0.1) is 5.41 Å². The van der Waals surface area contributed by atoms with Gasteiger partial charge >= 0.3 is 0 Å². The van der Waals surface area contributed by atoms with Crippen LogP contribution in [-0.4, -0.2) is 15.4 Å². The first-order chi connectivity index (χ1) is 5.66. The Labute approximate surface area is 83.1 Å². The van der Waals surface area contributed by atoms with E-state index in [9.17, 15) is 0 Å². The van der Waals surface area contributed by atoms with Gasteiger partial charge in [-0.1, -0.05) is 20.8 Å². The van der Waals surface area contributed by atoms with Gasteiger partial charge in [0.05, 0.1) is 7.11 Å². The Morgan fingerprint density at radius 3 is 2.08 bits per heavy atom. The summed E-state index contributed by atoms with van der Waals surface area (Å²) in [5.41, 5.74) is 0.309. The van der Waals surface area contributed by atoms with Gasteiger partial charge in [-0.2, -0.15) is 0 Å². The zero-order valence-electron chi connectivity index (χ0n) is 9.73. The number of methoxy groups -OCH3 is 1. The predicted molar refractivity (Wildman–Crippen MR) is 59.0 cm³/mol. The van der Waals surface area contributed by atoms with Crippen molar-refractivity contribution in [3.8, 4) is 0 Å². The minimum Gasteiger partial charge on any atom is -0.520 e. The van der Waals surface area contributed by atoms with Gasteiger partial charge in [-0.05, 0) is 31.1 Å². The van der Waals surface area contributed by atoms with Crippen molar-refractivity contribution < 1.29 is 9.16 Å². The molecule has 0 spiro atoms. The second kappa shape index (κ2) is 4.18. The van der Waals surface area contributed by atoms with Gasteiger partial charge < -0.3 is 9.16 Å². The summed E-state index contributed by atoms with van der Waals surface area (Å²) >= 11 is 0. The highest BCUT2D eigenvalue weighted by Crippen LogP contribution is 2.29. The van der Waals surface area contributed by atoms with Gasteiger partial charge in [0.25, 0.3) is 5.95 Å². The fraction of sp³-hybridized carbons (Fsp3) is 0.800. The summed E-state index contributed by atoms with van der Waals surface area (Å²) < 4.78 is 10.6. The van der Waals surface area contributed by atoms with Crippen molar-refractivity contribution in [2.75, 3.05) is 7.11 Å². The molecule has 0 N–H and O–H groups in total. The molecule has 0 amide bonds. The monoisotopic (exact) mass is 202 g/mol. The third kappa shape index (κ3) is 6.69. The standard InChI is InChI=1S/C10H22O2Si/c1-9(11-5)12-13(6,7)8-10(2,3)4/h1,8H2,2-7H3. The van der Waals surface area contributed by atoms with E-state index in [0.717, 1.165) is 6.04 Å². The SMILES string of the molecule is C=C(OC)O[Si](C)(C)CC(C)(C)C. The van der Waals surface area contributed by atoms with E-state index in [1.54, 1.807) is 7.11 Å². The normalized spacial score (nSPS) is 12.5. The van der Waals surface area contributed by atoms with Crippen LogP contribution in [0.15, 0.2) is 12.5 Å². The fourth-order valence-corrected chi connectivity index (χ4v) is 4.99. The van der Waals surface area contributed by atoms with Crippen LogP contribution < -0.4 is 0 Å². The van der Waals surface area contributed by atoms with Gasteiger partial charge in [-0.15, -0.1) is 0 Å². The summed E-state index contributed by atoms with van der Waals surface area (Å²) in [6.07, 6.45) is 0. The number of ether oxygens (including phenoxy) is 1. The lowest BCUT2D eigenvalue weighted by Gasteiger charge is -2.30. The largest absolute Gasteiger partial charge is 0.520 e. The first-order valence-electron chi connectivity index (χ1n) is 4.58.